The van der Waals surface area contributed by atoms with Crippen LogP contribution in [-0.4, -0.2) is 14.2 Å². The highest BCUT2D eigenvalue weighted by Gasteiger charge is 2.13. The van der Waals surface area contributed by atoms with E-state index in [4.69, 9.17) is 21.1 Å². The van der Waals surface area contributed by atoms with E-state index in [0.717, 1.165) is 11.1 Å². The number of benzene rings is 2. The molecular weight excluding hydrogens is 359 g/mol. The van der Waals surface area contributed by atoms with Gasteiger partial charge in [-0.15, -0.1) is 0 Å². The normalized spacial score (nSPS) is 12.0. The van der Waals surface area contributed by atoms with Crippen LogP contribution >= 0.6 is 27.5 Å². The molecule has 112 valence electrons. The lowest BCUT2D eigenvalue weighted by molar-refractivity contribution is 0.354. The first kappa shape index (κ1) is 16.1. The predicted molar refractivity (Wildman–Crippen MR) is 86.3 cm³/mol. The largest absolute Gasteiger partial charge is 0.493 e. The number of hydrogen-bond donors (Lipinski definition) is 0. The second kappa shape index (κ2) is 7.14. The molecule has 1 unspecified atom stereocenters. The number of ether oxygens (including phenoxy) is 2. The van der Waals surface area contributed by atoms with E-state index >= 15 is 0 Å². The first-order chi connectivity index (χ1) is 10.0. The topological polar surface area (TPSA) is 18.5 Å². The summed E-state index contributed by atoms with van der Waals surface area (Å²) in [5, 5.41) is 0.129. The van der Waals surface area contributed by atoms with Crippen LogP contribution in [0, 0.1) is 5.82 Å². The Hall–Kier alpha value is -1.26. The Labute approximate surface area is 137 Å². The standard InChI is InChI=1S/C16H15BrClFO2/c1-20-15-6-3-10(8-16(15)21-2)7-12(17)11-4-5-13(18)14(19)9-11/h3-6,8-9,12H,7H2,1-2H3. The average molecular weight is 374 g/mol. The summed E-state index contributed by atoms with van der Waals surface area (Å²) in [6.45, 7) is 0. The van der Waals surface area contributed by atoms with Crippen LogP contribution in [0.3, 0.4) is 0 Å². The second-order valence-corrected chi connectivity index (χ2v) is 6.05. The van der Waals surface area contributed by atoms with E-state index < -0.39 is 5.82 Å². The summed E-state index contributed by atoms with van der Waals surface area (Å²) in [6, 6.07) is 10.6. The van der Waals surface area contributed by atoms with E-state index in [0.29, 0.717) is 17.9 Å². The third-order valence-electron chi connectivity index (χ3n) is 3.17. The van der Waals surface area contributed by atoms with E-state index in [-0.39, 0.29) is 9.85 Å². The smallest absolute Gasteiger partial charge is 0.160 e. The van der Waals surface area contributed by atoms with Crippen LogP contribution in [0.4, 0.5) is 4.39 Å². The van der Waals surface area contributed by atoms with Gasteiger partial charge in [0.25, 0.3) is 0 Å². The summed E-state index contributed by atoms with van der Waals surface area (Å²) in [7, 11) is 3.20. The quantitative estimate of drug-likeness (QED) is 0.673. The molecule has 0 amide bonds. The van der Waals surface area contributed by atoms with Crippen molar-refractivity contribution in [3.05, 3.63) is 58.4 Å². The van der Waals surface area contributed by atoms with Gasteiger partial charge in [-0.05, 0) is 41.8 Å². The number of hydrogen-bond acceptors (Lipinski definition) is 2. The highest BCUT2D eigenvalue weighted by molar-refractivity contribution is 9.09. The monoisotopic (exact) mass is 372 g/mol. The van der Waals surface area contributed by atoms with Gasteiger partial charge in [0.1, 0.15) is 5.82 Å². The maximum Gasteiger partial charge on any atom is 0.160 e. The summed E-state index contributed by atoms with van der Waals surface area (Å²) in [4.78, 5) is -0.0117. The van der Waals surface area contributed by atoms with Gasteiger partial charge in [-0.25, -0.2) is 4.39 Å². The van der Waals surface area contributed by atoms with Crippen LogP contribution in [0.5, 0.6) is 11.5 Å². The number of alkyl halides is 1. The Morgan fingerprint density at radius 3 is 2.43 bits per heavy atom. The molecule has 0 fully saturated rings. The minimum atomic E-state index is -0.411. The minimum absolute atomic E-state index is 0.0117. The molecule has 2 aromatic rings. The molecule has 1 atom stereocenters. The molecular formula is C16H15BrClFO2. The van der Waals surface area contributed by atoms with Crippen molar-refractivity contribution in [2.75, 3.05) is 14.2 Å². The van der Waals surface area contributed by atoms with Gasteiger partial charge >= 0.3 is 0 Å². The van der Waals surface area contributed by atoms with Gasteiger partial charge in [-0.3, -0.25) is 0 Å². The molecule has 0 aliphatic rings. The van der Waals surface area contributed by atoms with Crippen molar-refractivity contribution in [1.82, 2.24) is 0 Å². The molecule has 2 nitrogen and oxygen atoms in total. The maximum atomic E-state index is 13.5. The lowest BCUT2D eigenvalue weighted by atomic mass is 10.0. The third-order valence-corrected chi connectivity index (χ3v) is 4.33. The van der Waals surface area contributed by atoms with Gasteiger partial charge in [-0.1, -0.05) is 39.7 Å². The molecule has 0 heterocycles. The first-order valence-electron chi connectivity index (χ1n) is 6.35. The average Bonchev–Trinajstić information content (AvgIpc) is 2.49. The summed E-state index contributed by atoms with van der Waals surface area (Å²) in [6.07, 6.45) is 0.696. The van der Waals surface area contributed by atoms with Crippen LogP contribution in [0.25, 0.3) is 0 Å². The Balaban J connectivity index is 2.18. The van der Waals surface area contributed by atoms with E-state index in [1.165, 1.54) is 6.07 Å². The number of halogens is 3. The van der Waals surface area contributed by atoms with Crippen LogP contribution < -0.4 is 9.47 Å². The SMILES string of the molecule is COc1ccc(CC(Br)c2ccc(Cl)c(F)c2)cc1OC. The fraction of sp³-hybridized carbons (Fsp3) is 0.250. The molecule has 0 spiro atoms. The first-order valence-corrected chi connectivity index (χ1v) is 7.64. The zero-order chi connectivity index (χ0) is 15.4. The van der Waals surface area contributed by atoms with Gasteiger partial charge in [0.05, 0.1) is 19.2 Å². The summed E-state index contributed by atoms with van der Waals surface area (Å²) in [5.74, 6) is 0.952. The summed E-state index contributed by atoms with van der Waals surface area (Å²) in [5.41, 5.74) is 1.90. The van der Waals surface area contributed by atoms with Crippen LogP contribution in [-0.2, 0) is 6.42 Å². The highest BCUT2D eigenvalue weighted by atomic mass is 79.9. The molecule has 0 aliphatic carbocycles. The van der Waals surface area contributed by atoms with E-state index in [1.54, 1.807) is 20.3 Å². The van der Waals surface area contributed by atoms with Crippen LogP contribution in [0.2, 0.25) is 5.02 Å². The minimum Gasteiger partial charge on any atom is -0.493 e. The van der Waals surface area contributed by atoms with Gasteiger partial charge < -0.3 is 9.47 Å². The second-order valence-electron chi connectivity index (χ2n) is 4.53. The molecule has 5 heteroatoms. The van der Waals surface area contributed by atoms with Gasteiger partial charge in [0, 0.05) is 4.83 Å². The number of rotatable bonds is 5. The predicted octanol–water partition coefficient (Wildman–Crippen LogP) is 5.18. The van der Waals surface area contributed by atoms with Gasteiger partial charge in [0.2, 0.25) is 0 Å². The highest BCUT2D eigenvalue weighted by Crippen LogP contribution is 2.33. The Morgan fingerprint density at radius 2 is 1.81 bits per heavy atom. The van der Waals surface area contributed by atoms with Crippen LogP contribution in [0.1, 0.15) is 16.0 Å². The third kappa shape index (κ3) is 3.89. The number of methoxy groups -OCH3 is 2. The molecule has 21 heavy (non-hydrogen) atoms. The van der Waals surface area contributed by atoms with Crippen molar-refractivity contribution in [3.63, 3.8) is 0 Å². The summed E-state index contributed by atoms with van der Waals surface area (Å²) < 4.78 is 24.0. The maximum absolute atomic E-state index is 13.5. The van der Waals surface area contributed by atoms with Gasteiger partial charge in [-0.2, -0.15) is 0 Å². The van der Waals surface area contributed by atoms with E-state index in [1.807, 2.05) is 24.3 Å². The zero-order valence-corrected chi connectivity index (χ0v) is 14.0. The Kier molecular flexibility index (Phi) is 5.48. The lowest BCUT2D eigenvalue weighted by Gasteiger charge is -2.13. The van der Waals surface area contributed by atoms with Crippen molar-refractivity contribution in [2.45, 2.75) is 11.2 Å². The molecule has 0 N–H and O–H groups in total. The van der Waals surface area contributed by atoms with Crippen molar-refractivity contribution < 1.29 is 13.9 Å². The fourth-order valence-electron chi connectivity index (χ4n) is 2.04. The Bertz CT molecular complexity index is 634. The van der Waals surface area contributed by atoms with E-state index in [9.17, 15) is 4.39 Å². The molecule has 0 radical (unpaired) electrons. The molecule has 2 rings (SSSR count). The van der Waals surface area contributed by atoms with Gasteiger partial charge in [0.15, 0.2) is 11.5 Å². The van der Waals surface area contributed by atoms with Crippen molar-refractivity contribution in [1.29, 1.82) is 0 Å². The van der Waals surface area contributed by atoms with Crippen molar-refractivity contribution in [2.24, 2.45) is 0 Å². The van der Waals surface area contributed by atoms with Crippen molar-refractivity contribution in [3.8, 4) is 11.5 Å². The molecule has 0 aliphatic heterocycles. The zero-order valence-electron chi connectivity index (χ0n) is 11.7. The molecule has 0 bridgehead atoms. The lowest BCUT2D eigenvalue weighted by Crippen LogP contribution is -1.98. The molecule has 0 saturated heterocycles. The van der Waals surface area contributed by atoms with Crippen LogP contribution in [0.15, 0.2) is 36.4 Å². The fourth-order valence-corrected chi connectivity index (χ4v) is 2.82. The summed E-state index contributed by atoms with van der Waals surface area (Å²) >= 11 is 9.28. The molecule has 0 aromatic heterocycles. The molecule has 2 aromatic carbocycles. The van der Waals surface area contributed by atoms with E-state index in [2.05, 4.69) is 15.9 Å². The Morgan fingerprint density at radius 1 is 1.10 bits per heavy atom. The molecule has 0 saturated carbocycles. The van der Waals surface area contributed by atoms with Crippen molar-refractivity contribution >= 4 is 27.5 Å².